The fourth-order valence-corrected chi connectivity index (χ4v) is 3.07. The van der Waals surface area contributed by atoms with E-state index in [-0.39, 0.29) is 17.6 Å². The Labute approximate surface area is 159 Å². The van der Waals surface area contributed by atoms with Gasteiger partial charge in [0.15, 0.2) is 0 Å². The maximum absolute atomic E-state index is 13.2. The summed E-state index contributed by atoms with van der Waals surface area (Å²) in [6, 6.07) is 16.8. The number of aromatic hydroxyl groups is 1. The maximum Gasteiger partial charge on any atom is 0.233 e. The number of fused-ring (bicyclic) bond motifs is 1. The smallest absolute Gasteiger partial charge is 0.233 e. The van der Waals surface area contributed by atoms with Crippen molar-refractivity contribution in [1.29, 1.82) is 0 Å². The predicted molar refractivity (Wildman–Crippen MR) is 107 cm³/mol. The van der Waals surface area contributed by atoms with E-state index in [1.165, 1.54) is 0 Å². The van der Waals surface area contributed by atoms with Gasteiger partial charge < -0.3 is 19.3 Å². The zero-order chi connectivity index (χ0) is 19.4. The summed E-state index contributed by atoms with van der Waals surface area (Å²) >= 11 is 0. The Morgan fingerprint density at radius 2 is 1.85 bits per heavy atom. The molecule has 0 bridgehead atoms. The van der Waals surface area contributed by atoms with Crippen molar-refractivity contribution in [2.45, 2.75) is 19.4 Å². The standard InChI is InChI=1S/C22H26N2O3/c1-16(21-14-18-8-4-5-10-20(18)27-21)22(26)24(12-11-23(2)3)15-17-7-6-9-19(25)13-17/h4-10,13-14,16,25H,11-12,15H2,1-3H3. The van der Waals surface area contributed by atoms with Gasteiger partial charge in [0.25, 0.3) is 0 Å². The Morgan fingerprint density at radius 3 is 2.56 bits per heavy atom. The van der Waals surface area contributed by atoms with Crippen LogP contribution in [0.4, 0.5) is 0 Å². The molecule has 2 aromatic carbocycles. The average Bonchev–Trinajstić information content (AvgIpc) is 3.08. The molecule has 27 heavy (non-hydrogen) atoms. The maximum atomic E-state index is 13.2. The number of likely N-dealkylation sites (N-methyl/N-ethyl adjacent to an activating group) is 1. The fourth-order valence-electron chi connectivity index (χ4n) is 3.07. The molecule has 0 saturated heterocycles. The van der Waals surface area contributed by atoms with Crippen LogP contribution in [0.5, 0.6) is 5.75 Å². The number of amides is 1. The lowest BCUT2D eigenvalue weighted by molar-refractivity contribution is -0.133. The number of carbonyl (C=O) groups excluding carboxylic acids is 1. The number of benzene rings is 2. The van der Waals surface area contributed by atoms with Gasteiger partial charge in [0.1, 0.15) is 17.1 Å². The first-order valence-electron chi connectivity index (χ1n) is 9.14. The van der Waals surface area contributed by atoms with Crippen molar-refractivity contribution in [3.63, 3.8) is 0 Å². The second-order valence-electron chi connectivity index (χ2n) is 7.14. The van der Waals surface area contributed by atoms with E-state index in [0.29, 0.717) is 18.8 Å². The summed E-state index contributed by atoms with van der Waals surface area (Å²) < 4.78 is 5.90. The third-order valence-corrected chi connectivity index (χ3v) is 4.65. The quantitative estimate of drug-likeness (QED) is 0.690. The Hall–Kier alpha value is -2.79. The molecule has 1 N–H and O–H groups in total. The summed E-state index contributed by atoms with van der Waals surface area (Å²) in [6.07, 6.45) is 0. The minimum absolute atomic E-state index is 0.0132. The van der Waals surface area contributed by atoms with Crippen molar-refractivity contribution >= 4 is 16.9 Å². The largest absolute Gasteiger partial charge is 0.508 e. The van der Waals surface area contributed by atoms with E-state index in [4.69, 9.17) is 4.42 Å². The number of rotatable bonds is 7. The molecule has 0 radical (unpaired) electrons. The molecule has 5 nitrogen and oxygen atoms in total. The van der Waals surface area contributed by atoms with Gasteiger partial charge in [-0.25, -0.2) is 0 Å². The van der Waals surface area contributed by atoms with Crippen LogP contribution in [0.15, 0.2) is 59.0 Å². The summed E-state index contributed by atoms with van der Waals surface area (Å²) in [6.45, 7) is 3.69. The van der Waals surface area contributed by atoms with Gasteiger partial charge in [-0.3, -0.25) is 4.79 Å². The Morgan fingerprint density at radius 1 is 1.07 bits per heavy atom. The highest BCUT2D eigenvalue weighted by Crippen LogP contribution is 2.27. The van der Waals surface area contributed by atoms with Crippen molar-refractivity contribution < 1.29 is 14.3 Å². The zero-order valence-corrected chi connectivity index (χ0v) is 16.1. The molecule has 3 rings (SSSR count). The molecule has 1 heterocycles. The molecule has 1 atom stereocenters. The van der Waals surface area contributed by atoms with Crippen LogP contribution in [-0.4, -0.2) is 48.0 Å². The number of hydrogen-bond donors (Lipinski definition) is 1. The molecular weight excluding hydrogens is 340 g/mol. The normalized spacial score (nSPS) is 12.4. The van der Waals surface area contributed by atoms with Crippen molar-refractivity contribution in [1.82, 2.24) is 9.80 Å². The highest BCUT2D eigenvalue weighted by atomic mass is 16.3. The minimum Gasteiger partial charge on any atom is -0.508 e. The molecule has 3 aromatic rings. The van der Waals surface area contributed by atoms with Gasteiger partial charge >= 0.3 is 0 Å². The summed E-state index contributed by atoms with van der Waals surface area (Å²) in [5, 5.41) is 10.7. The minimum atomic E-state index is -0.378. The summed E-state index contributed by atoms with van der Waals surface area (Å²) in [4.78, 5) is 17.1. The molecule has 1 amide bonds. The Balaban J connectivity index is 1.81. The molecule has 0 spiro atoms. The third kappa shape index (κ3) is 4.68. The first-order chi connectivity index (χ1) is 12.9. The highest BCUT2D eigenvalue weighted by Gasteiger charge is 2.25. The lowest BCUT2D eigenvalue weighted by atomic mass is 10.1. The van der Waals surface area contributed by atoms with Gasteiger partial charge in [0.05, 0.1) is 5.92 Å². The number of phenols is 1. The van der Waals surface area contributed by atoms with Crippen molar-refractivity contribution in [3.8, 4) is 5.75 Å². The van der Waals surface area contributed by atoms with Crippen LogP contribution in [0.2, 0.25) is 0 Å². The van der Waals surface area contributed by atoms with Crippen molar-refractivity contribution in [3.05, 3.63) is 65.9 Å². The van der Waals surface area contributed by atoms with Gasteiger partial charge in [-0.1, -0.05) is 30.3 Å². The number of furan rings is 1. The van der Waals surface area contributed by atoms with E-state index < -0.39 is 0 Å². The van der Waals surface area contributed by atoms with Gasteiger partial charge in [-0.2, -0.15) is 0 Å². The topological polar surface area (TPSA) is 56.9 Å². The third-order valence-electron chi connectivity index (χ3n) is 4.65. The monoisotopic (exact) mass is 366 g/mol. The molecule has 0 aliphatic carbocycles. The molecule has 0 aliphatic heterocycles. The molecule has 0 aliphatic rings. The van der Waals surface area contributed by atoms with Crippen LogP contribution in [0.25, 0.3) is 11.0 Å². The molecule has 1 aromatic heterocycles. The zero-order valence-electron chi connectivity index (χ0n) is 16.1. The molecule has 1 unspecified atom stereocenters. The van der Waals surface area contributed by atoms with Crippen LogP contribution in [0, 0.1) is 0 Å². The van der Waals surface area contributed by atoms with Gasteiger partial charge in [0.2, 0.25) is 5.91 Å². The molecule has 0 fully saturated rings. The second-order valence-corrected chi connectivity index (χ2v) is 7.14. The number of para-hydroxylation sites is 1. The average molecular weight is 366 g/mol. The summed E-state index contributed by atoms with van der Waals surface area (Å²) in [7, 11) is 3.97. The van der Waals surface area contributed by atoms with Crippen molar-refractivity contribution in [2.24, 2.45) is 0 Å². The second kappa shape index (κ2) is 8.27. The molecule has 5 heteroatoms. The van der Waals surface area contributed by atoms with E-state index in [9.17, 15) is 9.90 Å². The number of carbonyl (C=O) groups is 1. The van der Waals surface area contributed by atoms with Crippen LogP contribution >= 0.6 is 0 Å². The van der Waals surface area contributed by atoms with Gasteiger partial charge in [-0.15, -0.1) is 0 Å². The van der Waals surface area contributed by atoms with Crippen LogP contribution in [0.3, 0.4) is 0 Å². The van der Waals surface area contributed by atoms with Crippen LogP contribution in [0.1, 0.15) is 24.2 Å². The lowest BCUT2D eigenvalue weighted by Crippen LogP contribution is -2.38. The number of phenolic OH excluding ortho intramolecular Hbond substituents is 1. The summed E-state index contributed by atoms with van der Waals surface area (Å²) in [5.74, 6) is 0.515. The fraction of sp³-hybridized carbons (Fsp3) is 0.318. The highest BCUT2D eigenvalue weighted by molar-refractivity contribution is 5.85. The lowest BCUT2D eigenvalue weighted by Gasteiger charge is -2.27. The SMILES string of the molecule is CC(C(=O)N(CCN(C)C)Cc1cccc(O)c1)c1cc2ccccc2o1. The number of hydrogen-bond acceptors (Lipinski definition) is 4. The molecule has 0 saturated carbocycles. The van der Waals surface area contributed by atoms with E-state index in [2.05, 4.69) is 4.90 Å². The van der Waals surface area contributed by atoms with E-state index in [0.717, 1.165) is 23.1 Å². The van der Waals surface area contributed by atoms with Crippen molar-refractivity contribution in [2.75, 3.05) is 27.2 Å². The van der Waals surface area contributed by atoms with Gasteiger partial charge in [-0.05, 0) is 50.8 Å². The van der Waals surface area contributed by atoms with Crippen LogP contribution < -0.4 is 0 Å². The first kappa shape index (κ1) is 19.0. The van der Waals surface area contributed by atoms with E-state index in [1.54, 1.807) is 18.2 Å². The van der Waals surface area contributed by atoms with Crippen LogP contribution in [-0.2, 0) is 11.3 Å². The summed E-state index contributed by atoms with van der Waals surface area (Å²) in [5.41, 5.74) is 1.69. The molecule has 142 valence electrons. The van der Waals surface area contributed by atoms with E-state index >= 15 is 0 Å². The van der Waals surface area contributed by atoms with Gasteiger partial charge in [0, 0.05) is 25.0 Å². The predicted octanol–water partition coefficient (Wildman–Crippen LogP) is 3.83. The number of nitrogens with zero attached hydrogens (tertiary/aromatic N) is 2. The Bertz CT molecular complexity index is 884. The molecular formula is C22H26N2O3. The van der Waals surface area contributed by atoms with E-state index in [1.807, 2.05) is 62.3 Å². The Kier molecular flexibility index (Phi) is 5.81. The first-order valence-corrected chi connectivity index (χ1v) is 9.14.